The lowest BCUT2D eigenvalue weighted by Crippen LogP contribution is -2.54. The summed E-state index contributed by atoms with van der Waals surface area (Å²) in [6, 6.07) is 130. The Morgan fingerprint density at radius 3 is 0.915 bits per heavy atom. The van der Waals surface area contributed by atoms with Crippen molar-refractivity contribution in [2.75, 3.05) is 28.9 Å². The van der Waals surface area contributed by atoms with Gasteiger partial charge in [0, 0.05) is 54.2 Å². The summed E-state index contributed by atoms with van der Waals surface area (Å²) in [4.78, 5) is 47.4. The SMILES string of the molecule is C[Si](C)(c1cccc(N2B3N(c4ncc5c(n4)-c4ccccc4-c4ccccc4-c4ccccc4-5)c4ccccc4N3c3ccccc32)c1)c1cccc2c1sc1nc3ccccc3n12.[2H]C([2H])([2H])[Si](c1cccc(N2B3N(c4ncc5c(n4)-c4ccccc4-c4ccccc4-c4ccccc4-5)c4ccccc4N3c3ccccc32)c1)(c1cccc2c1sc1nc3ccccc3n12)C([2H])([2H])[2H]. The summed E-state index contributed by atoms with van der Waals surface area (Å²) in [7, 11) is -8.01. The summed E-state index contributed by atoms with van der Waals surface area (Å²) in [6.07, 6.45) is 4.00. The Morgan fingerprint density at radius 2 is 0.546 bits per heavy atom. The van der Waals surface area contributed by atoms with E-state index in [2.05, 4.69) is 338 Å². The van der Waals surface area contributed by atoms with Crippen molar-refractivity contribution in [1.82, 2.24) is 38.7 Å². The molecule has 130 heavy (non-hydrogen) atoms. The Balaban J connectivity index is 0.000000138. The van der Waals surface area contributed by atoms with Crippen molar-refractivity contribution in [2.24, 2.45) is 0 Å². The maximum absolute atomic E-state index is 9.43. The minimum Gasteiger partial charge on any atom is -0.343 e. The van der Waals surface area contributed by atoms with Crippen molar-refractivity contribution >= 4 is 195 Å². The molecule has 0 radical (unpaired) electrons. The molecule has 0 unspecified atom stereocenters. The number of imidazole rings is 2. The number of hydrogen-bond donors (Lipinski definition) is 0. The second kappa shape index (κ2) is 28.5. The fraction of sp³-hybridized carbons (Fsp3) is 0.0364. The second-order valence-corrected chi connectivity index (χ2v) is 43.4. The third-order valence-electron chi connectivity index (χ3n) is 27.2. The van der Waals surface area contributed by atoms with Crippen LogP contribution in [0.3, 0.4) is 0 Å². The van der Waals surface area contributed by atoms with E-state index in [1.165, 1.54) is 48.6 Å². The van der Waals surface area contributed by atoms with Gasteiger partial charge in [-0.1, -0.05) is 326 Å². The number of thiazole rings is 2. The van der Waals surface area contributed by atoms with Crippen LogP contribution in [-0.4, -0.2) is 69.1 Å². The fourth-order valence-corrected chi connectivity index (χ4v) is 29.3. The number of aromatic nitrogens is 8. The third-order valence-corrected chi connectivity index (χ3v) is 35.6. The molecule has 14 nitrogen and oxygen atoms in total. The number of anilines is 12. The van der Waals surface area contributed by atoms with Crippen LogP contribution >= 0.6 is 22.7 Å². The lowest BCUT2D eigenvalue weighted by atomic mass is 9.83. The smallest absolute Gasteiger partial charge is 0.343 e. The van der Waals surface area contributed by atoms with Crippen LogP contribution in [-0.2, 0) is 0 Å². The van der Waals surface area contributed by atoms with Crippen LogP contribution in [0.1, 0.15) is 8.22 Å². The number of hydrogen-bond acceptors (Lipinski definition) is 14. The van der Waals surface area contributed by atoms with Crippen molar-refractivity contribution in [1.29, 1.82) is 0 Å². The van der Waals surface area contributed by atoms with Crippen molar-refractivity contribution < 1.29 is 8.22 Å². The molecule has 0 spiro atoms. The average molecular weight is 1740 g/mol. The summed E-state index contributed by atoms with van der Waals surface area (Å²) in [5.41, 5.74) is 32.7. The Kier molecular flexibility index (Phi) is 15.0. The topological polar surface area (TPSA) is 106 Å². The molecule has 16 aromatic carbocycles. The van der Waals surface area contributed by atoms with E-state index in [0.717, 1.165) is 156 Å². The van der Waals surface area contributed by atoms with Gasteiger partial charge in [-0.2, -0.15) is 0 Å². The van der Waals surface area contributed by atoms with Gasteiger partial charge in [-0.15, -0.1) is 0 Å². The largest absolute Gasteiger partial charge is 0.521 e. The zero-order valence-electron chi connectivity index (χ0n) is 76.2. The highest BCUT2D eigenvalue weighted by Gasteiger charge is 2.57. The van der Waals surface area contributed by atoms with Gasteiger partial charge in [0.2, 0.25) is 11.9 Å². The number of rotatable bonds is 8. The van der Waals surface area contributed by atoms with E-state index < -0.39 is 36.2 Å². The number of nitrogens with zero attached hydrogens (tertiary/aromatic N) is 14. The minimum atomic E-state index is -4.79. The summed E-state index contributed by atoms with van der Waals surface area (Å²) in [6.45, 7) is -0.838. The lowest BCUT2D eigenvalue weighted by molar-refractivity contribution is 1.11. The molecule has 10 heterocycles. The first kappa shape index (κ1) is 68.7. The zero-order valence-corrected chi connectivity index (χ0v) is 73.8. The Labute approximate surface area is 769 Å². The fourth-order valence-electron chi connectivity index (χ4n) is 21.3. The summed E-state index contributed by atoms with van der Waals surface area (Å²) >= 11 is 3.15. The van der Waals surface area contributed by atoms with Gasteiger partial charge in [-0.25, -0.2) is 29.9 Å². The molecule has 6 aromatic heterocycles. The second-order valence-electron chi connectivity index (χ2n) is 34.4. The van der Waals surface area contributed by atoms with Crippen LogP contribution in [0, 0.1) is 0 Å². The molecule has 0 saturated carbocycles. The Bertz CT molecular complexity index is 8800. The zero-order chi connectivity index (χ0) is 90.9. The quantitative estimate of drug-likeness (QED) is 0.135. The molecule has 22 aromatic rings. The first-order valence-corrected chi connectivity index (χ1v) is 50.4. The highest BCUT2D eigenvalue weighted by Crippen LogP contribution is 2.59. The van der Waals surface area contributed by atoms with Crippen LogP contribution in [0.25, 0.3) is 142 Å². The van der Waals surface area contributed by atoms with Gasteiger partial charge in [0.1, 0.15) is 16.1 Å². The molecule has 0 bridgehead atoms. The van der Waals surface area contributed by atoms with E-state index in [0.29, 0.717) is 32.4 Å². The predicted octanol–water partition coefficient (Wildman–Crippen LogP) is 25.4. The molecule has 0 N–H and O–H groups in total. The first-order chi connectivity index (χ1) is 66.6. The van der Waals surface area contributed by atoms with Crippen molar-refractivity contribution in [3.63, 3.8) is 0 Å². The van der Waals surface area contributed by atoms with Gasteiger partial charge in [-0.05, 0) is 175 Å². The van der Waals surface area contributed by atoms with E-state index in [-0.39, 0.29) is 12.3 Å². The van der Waals surface area contributed by atoms with Gasteiger partial charge in [-0.3, -0.25) is 8.80 Å². The van der Waals surface area contributed by atoms with Crippen LogP contribution in [0.15, 0.2) is 389 Å². The van der Waals surface area contributed by atoms with E-state index in [9.17, 15) is 8.22 Å². The number of para-hydroxylation sites is 12. The molecule has 0 amide bonds. The van der Waals surface area contributed by atoms with Gasteiger partial charge < -0.3 is 28.9 Å². The normalized spacial score (nSPS) is 14.4. The highest BCUT2D eigenvalue weighted by atomic mass is 32.1. The van der Waals surface area contributed by atoms with E-state index in [4.69, 9.17) is 29.9 Å². The first-order valence-electron chi connectivity index (χ1n) is 46.8. The molecule has 4 aliphatic heterocycles. The van der Waals surface area contributed by atoms with Crippen molar-refractivity contribution in [3.05, 3.63) is 389 Å². The summed E-state index contributed by atoms with van der Waals surface area (Å²) in [5.74, 6) is 1.12. The molecule has 0 fully saturated rings. The molecule has 20 heteroatoms. The Morgan fingerprint density at radius 1 is 0.262 bits per heavy atom. The van der Waals surface area contributed by atoms with E-state index >= 15 is 0 Å². The molecule has 28 rings (SSSR count). The van der Waals surface area contributed by atoms with Crippen LogP contribution in [0.4, 0.5) is 68.8 Å². The lowest BCUT2D eigenvalue weighted by Gasteiger charge is -2.32. The standard InChI is InChI=1S/2C55H38BN7SSi/c2*1-65(2,51-32-16-31-50-53(51)64-55-58-44-25-9-10-26-45(44)60(50)55)36-18-15-17-35(33-36)61-46-27-11-12-28-47(46)62-48-29-13-14-30-49(48)63(56(61)62)54-57-34-43-41-23-6-5-21-39(41)37-19-3-4-20-38(37)40-22-7-8-24-42(40)52(43)59-54/h2*3-34H,1-2H3/i1D3,2D3;. The molecule has 2 aliphatic carbocycles. The number of fused-ring (bicyclic) bond motifs is 36. The van der Waals surface area contributed by atoms with Gasteiger partial charge in [0.25, 0.3) is 0 Å². The third kappa shape index (κ3) is 10.9. The van der Waals surface area contributed by atoms with Crippen LogP contribution in [0.2, 0.25) is 26.0 Å². The molecule has 6 aliphatic rings. The monoisotopic (exact) mass is 1740 g/mol. The van der Waals surface area contributed by atoms with Crippen molar-refractivity contribution in [2.45, 2.75) is 26.0 Å². The van der Waals surface area contributed by atoms with E-state index in [1.54, 1.807) is 18.2 Å². The number of benzene rings is 16. The summed E-state index contributed by atoms with van der Waals surface area (Å²) < 4.78 is 62.9. The maximum Gasteiger partial charge on any atom is 0.521 e. The molecular formula is C110H76B2N14S2Si2. The predicted molar refractivity (Wildman–Crippen MR) is 547 cm³/mol. The van der Waals surface area contributed by atoms with Gasteiger partial charge in [0.05, 0.1) is 99.4 Å². The van der Waals surface area contributed by atoms with E-state index in [1.807, 2.05) is 94.7 Å². The minimum absolute atomic E-state index is 0.282. The Hall–Kier alpha value is -15.6. The summed E-state index contributed by atoms with van der Waals surface area (Å²) in [5, 5.41) is 3.40. The molecule has 0 saturated heterocycles. The van der Waals surface area contributed by atoms with Crippen LogP contribution < -0.4 is 49.6 Å². The molecule has 0 atom stereocenters. The average Bonchev–Trinajstić information content (AvgIpc) is 1.58. The maximum atomic E-state index is 9.43. The van der Waals surface area contributed by atoms with Gasteiger partial charge in [0.15, 0.2) is 9.92 Å². The molecule has 612 valence electrons. The van der Waals surface area contributed by atoms with Crippen LogP contribution in [0.5, 0.6) is 0 Å². The van der Waals surface area contributed by atoms with Gasteiger partial charge >= 0.3 is 14.2 Å². The molecular weight excluding hydrogens is 1660 g/mol. The highest BCUT2D eigenvalue weighted by molar-refractivity contribution is 7.26. The van der Waals surface area contributed by atoms with Crippen molar-refractivity contribution in [3.8, 4) is 89.3 Å².